The second-order valence-corrected chi connectivity index (χ2v) is 6.62. The zero-order valence-corrected chi connectivity index (χ0v) is 11.8. The summed E-state index contributed by atoms with van der Waals surface area (Å²) in [7, 11) is -3.18. The molecule has 1 saturated heterocycles. The van der Waals surface area contributed by atoms with Gasteiger partial charge >= 0.3 is 0 Å². The third kappa shape index (κ3) is 4.22. The van der Waals surface area contributed by atoms with Crippen molar-refractivity contribution in [2.75, 3.05) is 12.4 Å². The van der Waals surface area contributed by atoms with Crippen molar-refractivity contribution in [2.45, 2.75) is 38.8 Å². The summed E-state index contributed by atoms with van der Waals surface area (Å²) in [5.74, 6) is 0.754. The van der Waals surface area contributed by atoms with Gasteiger partial charge in [0, 0.05) is 31.1 Å². The smallest absolute Gasteiger partial charge is 0.211 e. The van der Waals surface area contributed by atoms with Crippen LogP contribution in [0.25, 0.3) is 0 Å². The number of ether oxygens (including phenoxy) is 1. The van der Waals surface area contributed by atoms with Crippen LogP contribution < -0.4 is 4.72 Å². The number of rotatable bonds is 5. The molecule has 7 heteroatoms. The maximum atomic E-state index is 11.3. The minimum atomic E-state index is -3.18. The first kappa shape index (κ1) is 14.4. The lowest BCUT2D eigenvalue weighted by Gasteiger charge is -2.21. The molecule has 1 fully saturated rings. The summed E-state index contributed by atoms with van der Waals surface area (Å²) in [6.07, 6.45) is 6.45. The second kappa shape index (κ2) is 6.40. The van der Waals surface area contributed by atoms with Crippen molar-refractivity contribution in [3.8, 4) is 0 Å². The second-order valence-electron chi connectivity index (χ2n) is 4.53. The Hall–Kier alpha value is -1.05. The van der Waals surface area contributed by atoms with Crippen LogP contribution in [-0.4, -0.2) is 30.7 Å². The van der Waals surface area contributed by atoms with Crippen LogP contribution in [0, 0.1) is 0 Å². The highest BCUT2D eigenvalue weighted by Gasteiger charge is 2.18. The Morgan fingerprint density at radius 2 is 2.11 bits per heavy atom. The molecule has 1 aromatic rings. The quantitative estimate of drug-likeness (QED) is 0.878. The zero-order valence-electron chi connectivity index (χ0n) is 11.0. The number of aromatic nitrogens is 2. The van der Waals surface area contributed by atoms with Gasteiger partial charge in [-0.3, -0.25) is 0 Å². The van der Waals surface area contributed by atoms with Gasteiger partial charge in [0.2, 0.25) is 10.0 Å². The summed E-state index contributed by atoms with van der Waals surface area (Å²) in [5, 5.41) is 0. The molecule has 0 spiro atoms. The molecule has 0 radical (unpaired) electrons. The Morgan fingerprint density at radius 1 is 1.37 bits per heavy atom. The maximum Gasteiger partial charge on any atom is 0.211 e. The molecule has 1 atom stereocenters. The Morgan fingerprint density at radius 3 is 2.68 bits per heavy atom. The van der Waals surface area contributed by atoms with Crippen molar-refractivity contribution in [3.63, 3.8) is 0 Å². The molecule has 1 N–H and O–H groups in total. The van der Waals surface area contributed by atoms with Crippen molar-refractivity contribution < 1.29 is 13.2 Å². The molecule has 1 aliphatic rings. The van der Waals surface area contributed by atoms with Gasteiger partial charge in [0.05, 0.1) is 5.75 Å². The minimum absolute atomic E-state index is 0.0184. The molecule has 1 unspecified atom stereocenters. The van der Waals surface area contributed by atoms with Crippen LogP contribution >= 0.6 is 0 Å². The van der Waals surface area contributed by atoms with E-state index < -0.39 is 10.0 Å². The molecule has 2 heterocycles. The first-order chi connectivity index (χ1) is 9.11. The van der Waals surface area contributed by atoms with Gasteiger partial charge < -0.3 is 4.74 Å². The average Bonchev–Trinajstić information content (AvgIpc) is 2.47. The molecular formula is C12H19N3O3S. The van der Waals surface area contributed by atoms with Gasteiger partial charge in [0.1, 0.15) is 6.10 Å². The molecule has 1 aliphatic heterocycles. The van der Waals surface area contributed by atoms with Gasteiger partial charge in [-0.15, -0.1) is 0 Å². The van der Waals surface area contributed by atoms with E-state index >= 15 is 0 Å². The molecule has 0 bridgehead atoms. The van der Waals surface area contributed by atoms with E-state index in [-0.39, 0.29) is 18.4 Å². The molecule has 0 aromatic carbocycles. The van der Waals surface area contributed by atoms with E-state index in [1.54, 1.807) is 19.3 Å². The summed E-state index contributed by atoms with van der Waals surface area (Å²) in [5.41, 5.74) is 0.747. The zero-order chi connectivity index (χ0) is 13.7. The molecule has 0 amide bonds. The largest absolute Gasteiger partial charge is 0.370 e. The highest BCUT2D eigenvalue weighted by atomic mass is 32.2. The highest BCUT2D eigenvalue weighted by molar-refractivity contribution is 7.89. The Balaban J connectivity index is 1.94. The summed E-state index contributed by atoms with van der Waals surface area (Å²) < 4.78 is 30.7. The topological polar surface area (TPSA) is 81.2 Å². The van der Waals surface area contributed by atoms with Gasteiger partial charge in [-0.05, 0) is 26.2 Å². The number of sulfonamides is 1. The lowest BCUT2D eigenvalue weighted by molar-refractivity contribution is 0.00940. The summed E-state index contributed by atoms with van der Waals surface area (Å²) in [6.45, 7) is 2.58. The fraction of sp³-hybridized carbons (Fsp3) is 0.667. The van der Waals surface area contributed by atoms with Gasteiger partial charge in [0.25, 0.3) is 0 Å². The lowest BCUT2D eigenvalue weighted by atomic mass is 10.1. The standard InChI is InChI=1S/C12H19N3O3S/c1-2-19(16,17)15-9-10-7-13-12(14-8-10)11-5-3-4-6-18-11/h7-8,11,15H,2-6,9H2,1H3. The third-order valence-corrected chi connectivity index (χ3v) is 4.41. The molecule has 0 aliphatic carbocycles. The van der Waals surface area contributed by atoms with Gasteiger partial charge in [-0.2, -0.15) is 0 Å². The summed E-state index contributed by atoms with van der Waals surface area (Å²) in [4.78, 5) is 8.52. The van der Waals surface area contributed by atoms with E-state index in [9.17, 15) is 8.42 Å². The third-order valence-electron chi connectivity index (χ3n) is 3.07. The Labute approximate surface area is 113 Å². The van der Waals surface area contributed by atoms with Gasteiger partial charge in [-0.1, -0.05) is 0 Å². The van der Waals surface area contributed by atoms with Crippen molar-refractivity contribution in [1.29, 1.82) is 0 Å². The van der Waals surface area contributed by atoms with Gasteiger partial charge in [0.15, 0.2) is 5.82 Å². The molecule has 106 valence electrons. The predicted molar refractivity (Wildman–Crippen MR) is 70.9 cm³/mol. The van der Waals surface area contributed by atoms with E-state index in [1.807, 2.05) is 0 Å². The fourth-order valence-electron chi connectivity index (χ4n) is 1.86. The summed E-state index contributed by atoms with van der Waals surface area (Å²) >= 11 is 0. The number of nitrogens with one attached hydrogen (secondary N) is 1. The monoisotopic (exact) mass is 285 g/mol. The van der Waals surface area contributed by atoms with Crippen molar-refractivity contribution >= 4 is 10.0 Å². The Kier molecular flexibility index (Phi) is 4.84. The van der Waals surface area contributed by atoms with Crippen molar-refractivity contribution in [3.05, 3.63) is 23.8 Å². The molecule has 6 nitrogen and oxygen atoms in total. The first-order valence-corrected chi connectivity index (χ1v) is 8.15. The highest BCUT2D eigenvalue weighted by Crippen LogP contribution is 2.24. The van der Waals surface area contributed by atoms with E-state index in [0.717, 1.165) is 31.4 Å². The molecule has 19 heavy (non-hydrogen) atoms. The predicted octanol–water partition coefficient (Wildman–Crippen LogP) is 1.16. The van der Waals surface area contributed by atoms with Crippen LogP contribution in [-0.2, 0) is 21.3 Å². The molecule has 0 saturated carbocycles. The van der Waals surface area contributed by atoms with Crippen LogP contribution in [0.15, 0.2) is 12.4 Å². The van der Waals surface area contributed by atoms with Crippen LogP contribution in [0.2, 0.25) is 0 Å². The number of nitrogens with zero attached hydrogens (tertiary/aromatic N) is 2. The normalized spacial score (nSPS) is 20.4. The minimum Gasteiger partial charge on any atom is -0.370 e. The van der Waals surface area contributed by atoms with E-state index in [0.29, 0.717) is 5.82 Å². The Bertz CT molecular complexity index is 495. The van der Waals surface area contributed by atoms with Crippen molar-refractivity contribution in [2.24, 2.45) is 0 Å². The lowest BCUT2D eigenvalue weighted by Crippen LogP contribution is -2.25. The van der Waals surface area contributed by atoms with E-state index in [1.165, 1.54) is 0 Å². The van der Waals surface area contributed by atoms with E-state index in [2.05, 4.69) is 14.7 Å². The maximum absolute atomic E-state index is 11.3. The van der Waals surface area contributed by atoms with Gasteiger partial charge in [-0.25, -0.2) is 23.1 Å². The molecular weight excluding hydrogens is 266 g/mol. The number of hydrogen-bond donors (Lipinski definition) is 1. The molecule has 1 aromatic heterocycles. The van der Waals surface area contributed by atoms with Crippen LogP contribution in [0.4, 0.5) is 0 Å². The number of hydrogen-bond acceptors (Lipinski definition) is 5. The van der Waals surface area contributed by atoms with Crippen LogP contribution in [0.3, 0.4) is 0 Å². The summed E-state index contributed by atoms with van der Waals surface area (Å²) in [6, 6.07) is 0. The average molecular weight is 285 g/mol. The van der Waals surface area contributed by atoms with Crippen LogP contribution in [0.1, 0.15) is 43.7 Å². The first-order valence-electron chi connectivity index (χ1n) is 6.50. The fourth-order valence-corrected chi connectivity index (χ4v) is 2.45. The van der Waals surface area contributed by atoms with E-state index in [4.69, 9.17) is 4.74 Å². The van der Waals surface area contributed by atoms with Crippen LogP contribution in [0.5, 0.6) is 0 Å². The SMILES string of the molecule is CCS(=O)(=O)NCc1cnc(C2CCCCO2)nc1. The molecule has 2 rings (SSSR count). The van der Waals surface area contributed by atoms with Crippen molar-refractivity contribution in [1.82, 2.24) is 14.7 Å².